The summed E-state index contributed by atoms with van der Waals surface area (Å²) in [6, 6.07) is 16.4. The molecule has 0 aliphatic rings. The molecule has 0 saturated carbocycles. The van der Waals surface area contributed by atoms with E-state index in [0.717, 1.165) is 9.21 Å². The van der Waals surface area contributed by atoms with E-state index in [1.165, 1.54) is 55.5 Å². The lowest BCUT2D eigenvalue weighted by Gasteiger charge is -2.32. The first kappa shape index (κ1) is 29.4. The van der Waals surface area contributed by atoms with Crippen LogP contribution in [0.1, 0.15) is 26.3 Å². The predicted octanol–water partition coefficient (Wildman–Crippen LogP) is 5.27. The number of sulfonamides is 1. The molecule has 3 aromatic carbocycles. The van der Waals surface area contributed by atoms with Crippen molar-refractivity contribution in [2.24, 2.45) is 0 Å². The number of amides is 2. The number of nitrogens with zero attached hydrogens (tertiary/aromatic N) is 2. The van der Waals surface area contributed by atoms with E-state index < -0.39 is 40.2 Å². The Morgan fingerprint density at radius 2 is 1.58 bits per heavy atom. The number of benzene rings is 3. The van der Waals surface area contributed by atoms with Crippen LogP contribution in [-0.4, -0.2) is 43.8 Å². The summed E-state index contributed by atoms with van der Waals surface area (Å²) in [5.74, 6) is -1.76. The third-order valence-corrected chi connectivity index (χ3v) is 8.00. The Bertz CT molecular complexity index is 1400. The molecule has 202 valence electrons. The van der Waals surface area contributed by atoms with Crippen LogP contribution in [-0.2, 0) is 26.2 Å². The van der Waals surface area contributed by atoms with Gasteiger partial charge in [-0.1, -0.05) is 59.6 Å². The maximum Gasteiger partial charge on any atom is 0.264 e. The molecule has 1 atom stereocenters. The largest absolute Gasteiger partial charge is 0.352 e. The van der Waals surface area contributed by atoms with Crippen molar-refractivity contribution in [3.05, 3.63) is 94.2 Å². The number of carbonyl (C=O) groups excluding carboxylic acids is 2. The zero-order valence-electron chi connectivity index (χ0n) is 21.1. The number of hydrogen-bond acceptors (Lipinski definition) is 4. The molecule has 2 amide bonds. The van der Waals surface area contributed by atoms with E-state index in [4.69, 9.17) is 23.2 Å². The first-order valence-electron chi connectivity index (χ1n) is 11.8. The molecule has 0 aliphatic heterocycles. The fraction of sp³-hybridized carbons (Fsp3) is 0.259. The van der Waals surface area contributed by atoms with Crippen molar-refractivity contribution in [2.75, 3.05) is 10.8 Å². The molecular formula is C27H28Cl2FN3O4S. The molecular weight excluding hydrogens is 552 g/mol. The molecule has 0 saturated heterocycles. The highest BCUT2D eigenvalue weighted by Crippen LogP contribution is 2.33. The van der Waals surface area contributed by atoms with Gasteiger partial charge in [-0.3, -0.25) is 13.9 Å². The topological polar surface area (TPSA) is 86.8 Å². The van der Waals surface area contributed by atoms with Crippen molar-refractivity contribution in [3.8, 4) is 0 Å². The highest BCUT2D eigenvalue weighted by Gasteiger charge is 2.33. The lowest BCUT2D eigenvalue weighted by Crippen LogP contribution is -2.52. The van der Waals surface area contributed by atoms with Gasteiger partial charge in [0.15, 0.2) is 0 Å². The first-order valence-corrected chi connectivity index (χ1v) is 14.0. The van der Waals surface area contributed by atoms with E-state index in [-0.39, 0.29) is 38.8 Å². The second-order valence-electron chi connectivity index (χ2n) is 8.87. The van der Waals surface area contributed by atoms with E-state index in [2.05, 4.69) is 5.32 Å². The van der Waals surface area contributed by atoms with E-state index in [0.29, 0.717) is 0 Å². The summed E-state index contributed by atoms with van der Waals surface area (Å²) in [7, 11) is -4.28. The second kappa shape index (κ2) is 12.6. The van der Waals surface area contributed by atoms with E-state index >= 15 is 0 Å². The van der Waals surface area contributed by atoms with Gasteiger partial charge >= 0.3 is 0 Å². The maximum atomic E-state index is 14.5. The van der Waals surface area contributed by atoms with Gasteiger partial charge in [-0.15, -0.1) is 0 Å². The third-order valence-electron chi connectivity index (χ3n) is 5.69. The van der Waals surface area contributed by atoms with Crippen LogP contribution in [0.4, 0.5) is 10.1 Å². The normalized spacial score (nSPS) is 12.2. The molecule has 11 heteroatoms. The first-order chi connectivity index (χ1) is 17.9. The quantitative estimate of drug-likeness (QED) is 0.354. The van der Waals surface area contributed by atoms with Gasteiger partial charge in [0.2, 0.25) is 11.8 Å². The summed E-state index contributed by atoms with van der Waals surface area (Å²) in [4.78, 5) is 27.7. The Hall–Kier alpha value is -3.14. The van der Waals surface area contributed by atoms with Crippen LogP contribution in [0.25, 0.3) is 0 Å². The minimum atomic E-state index is -4.28. The molecule has 0 aliphatic carbocycles. The number of carbonyl (C=O) groups is 2. The minimum absolute atomic E-state index is 0.0102. The van der Waals surface area contributed by atoms with Crippen molar-refractivity contribution in [2.45, 2.75) is 44.3 Å². The van der Waals surface area contributed by atoms with Gasteiger partial charge < -0.3 is 10.2 Å². The average Bonchev–Trinajstić information content (AvgIpc) is 2.86. The SMILES string of the molecule is CC(C)NC(=O)C(C)N(Cc1ccccc1F)C(=O)CN(c1ccc(Cl)cc1Cl)S(=O)(=O)c1ccccc1. The van der Waals surface area contributed by atoms with Gasteiger partial charge in [-0.05, 0) is 57.2 Å². The van der Waals surface area contributed by atoms with Gasteiger partial charge in [-0.2, -0.15) is 0 Å². The fourth-order valence-electron chi connectivity index (χ4n) is 3.71. The number of halogens is 3. The molecule has 0 heterocycles. The molecule has 0 aromatic heterocycles. The van der Waals surface area contributed by atoms with Crippen LogP contribution in [0, 0.1) is 5.82 Å². The molecule has 3 rings (SSSR count). The lowest BCUT2D eigenvalue weighted by atomic mass is 10.1. The summed E-state index contributed by atoms with van der Waals surface area (Å²) in [5, 5.41) is 3.03. The van der Waals surface area contributed by atoms with Crippen LogP contribution >= 0.6 is 23.2 Å². The van der Waals surface area contributed by atoms with Crippen LogP contribution in [0.5, 0.6) is 0 Å². The Morgan fingerprint density at radius 3 is 2.18 bits per heavy atom. The summed E-state index contributed by atoms with van der Waals surface area (Å²) in [6.45, 7) is 4.08. The summed E-state index contributed by atoms with van der Waals surface area (Å²) < 4.78 is 42.8. The highest BCUT2D eigenvalue weighted by molar-refractivity contribution is 7.92. The molecule has 7 nitrogen and oxygen atoms in total. The Balaban J connectivity index is 2.07. The molecule has 0 bridgehead atoms. The van der Waals surface area contributed by atoms with Gasteiger partial charge in [0.05, 0.1) is 15.6 Å². The molecule has 0 radical (unpaired) electrons. The van der Waals surface area contributed by atoms with Crippen molar-refractivity contribution in [1.82, 2.24) is 10.2 Å². The van der Waals surface area contributed by atoms with Crippen molar-refractivity contribution in [1.29, 1.82) is 0 Å². The summed E-state index contributed by atoms with van der Waals surface area (Å²) in [5.41, 5.74) is 0.199. The van der Waals surface area contributed by atoms with Crippen molar-refractivity contribution in [3.63, 3.8) is 0 Å². The molecule has 3 aromatic rings. The number of hydrogen-bond donors (Lipinski definition) is 1. The maximum absolute atomic E-state index is 14.5. The Kier molecular flexibility index (Phi) is 9.76. The average molecular weight is 581 g/mol. The molecule has 1 N–H and O–H groups in total. The predicted molar refractivity (Wildman–Crippen MR) is 147 cm³/mol. The van der Waals surface area contributed by atoms with Gasteiger partial charge in [0, 0.05) is 23.2 Å². The van der Waals surface area contributed by atoms with Gasteiger partial charge in [0.1, 0.15) is 18.4 Å². The van der Waals surface area contributed by atoms with Gasteiger partial charge in [-0.25, -0.2) is 12.8 Å². The standard InChI is InChI=1S/C27H28Cl2FN3O4S/c1-18(2)31-27(35)19(3)32(16-20-9-7-8-12-24(20)30)26(34)17-33(25-14-13-21(28)15-23(25)29)38(36,37)22-10-5-4-6-11-22/h4-15,18-19H,16-17H2,1-3H3,(H,31,35). The van der Waals surface area contributed by atoms with Crippen molar-refractivity contribution >= 4 is 50.7 Å². The number of rotatable bonds is 10. The third kappa shape index (κ3) is 7.03. The smallest absolute Gasteiger partial charge is 0.264 e. The molecule has 38 heavy (non-hydrogen) atoms. The number of anilines is 1. The van der Waals surface area contributed by atoms with Crippen LogP contribution in [0.3, 0.4) is 0 Å². The molecule has 1 unspecified atom stereocenters. The summed E-state index contributed by atoms with van der Waals surface area (Å²) in [6.07, 6.45) is 0. The Labute approximate surface area is 232 Å². The van der Waals surface area contributed by atoms with E-state index in [1.807, 2.05) is 0 Å². The highest BCUT2D eigenvalue weighted by atomic mass is 35.5. The second-order valence-corrected chi connectivity index (χ2v) is 11.6. The van der Waals surface area contributed by atoms with Crippen LogP contribution in [0.2, 0.25) is 10.0 Å². The Morgan fingerprint density at radius 1 is 0.947 bits per heavy atom. The zero-order valence-corrected chi connectivity index (χ0v) is 23.4. The lowest BCUT2D eigenvalue weighted by molar-refractivity contribution is -0.139. The fourth-order valence-corrected chi connectivity index (χ4v) is 5.73. The monoisotopic (exact) mass is 579 g/mol. The van der Waals surface area contributed by atoms with Gasteiger partial charge in [0.25, 0.3) is 10.0 Å². The zero-order chi connectivity index (χ0) is 28.0. The summed E-state index contributed by atoms with van der Waals surface area (Å²) >= 11 is 12.4. The van der Waals surface area contributed by atoms with E-state index in [9.17, 15) is 22.4 Å². The minimum Gasteiger partial charge on any atom is -0.352 e. The molecule has 0 spiro atoms. The van der Waals surface area contributed by atoms with Crippen LogP contribution < -0.4 is 9.62 Å². The van der Waals surface area contributed by atoms with Crippen LogP contribution in [0.15, 0.2) is 77.7 Å². The number of nitrogens with one attached hydrogen (secondary N) is 1. The van der Waals surface area contributed by atoms with Crippen molar-refractivity contribution < 1.29 is 22.4 Å². The van der Waals surface area contributed by atoms with E-state index in [1.54, 1.807) is 38.1 Å². The molecule has 0 fully saturated rings.